The third-order valence-corrected chi connectivity index (χ3v) is 17.9. The van der Waals surface area contributed by atoms with Gasteiger partial charge >= 0.3 is 0 Å². The van der Waals surface area contributed by atoms with Gasteiger partial charge in [-0.15, -0.1) is 34.0 Å². The van der Waals surface area contributed by atoms with Crippen molar-refractivity contribution in [1.82, 2.24) is 0 Å². The molecule has 13 aromatic rings. The minimum atomic E-state index is -0.589. The molecule has 15 rings (SSSR count). The molecule has 3 heterocycles. The van der Waals surface area contributed by atoms with Crippen molar-refractivity contribution in [3.8, 4) is 21.6 Å². The Morgan fingerprint density at radius 1 is 0.265 bits per heavy atom. The van der Waals surface area contributed by atoms with Gasteiger partial charge in [0.2, 0.25) is 0 Å². The molecule has 1 spiro atoms. The standard InChI is InChI=1S/C63H38N2S3/c1-3-15-39(16-4-1)64(41-29-33-59-51(35-41)47-20-8-12-24-56(47)66-59)43-27-31-46-45-19-7-11-23-53(45)63(54(46)37-43)55-38-44(28-32-49(55)62-61(63)50-22-10-14-26-58(50)68-62)65(40-17-5-2-6-18-40)42-30-34-60-52(36-42)48-21-9-13-25-57(48)67-60/h1-38H. The molecular formula is C63H38N2S3. The van der Waals surface area contributed by atoms with E-state index in [1.165, 1.54) is 94.3 Å². The van der Waals surface area contributed by atoms with E-state index in [1.807, 2.05) is 34.0 Å². The number of fused-ring (bicyclic) bond motifs is 18. The van der Waals surface area contributed by atoms with Crippen molar-refractivity contribution in [1.29, 1.82) is 0 Å². The number of hydrogen-bond donors (Lipinski definition) is 0. The maximum atomic E-state index is 2.53. The molecule has 1 atom stereocenters. The molecule has 0 amide bonds. The first-order valence-corrected chi connectivity index (χ1v) is 25.6. The average molecular weight is 919 g/mol. The van der Waals surface area contributed by atoms with Gasteiger partial charge in [0.25, 0.3) is 0 Å². The van der Waals surface area contributed by atoms with E-state index in [-0.39, 0.29) is 0 Å². The van der Waals surface area contributed by atoms with Crippen molar-refractivity contribution < 1.29 is 0 Å². The lowest BCUT2D eigenvalue weighted by atomic mass is 9.70. The van der Waals surface area contributed by atoms with E-state index < -0.39 is 5.41 Å². The van der Waals surface area contributed by atoms with Crippen LogP contribution < -0.4 is 9.80 Å². The van der Waals surface area contributed by atoms with Crippen LogP contribution in [0, 0.1) is 0 Å². The van der Waals surface area contributed by atoms with Crippen molar-refractivity contribution in [3.05, 3.63) is 253 Å². The fourth-order valence-corrected chi connectivity index (χ4v) is 15.1. The minimum Gasteiger partial charge on any atom is -0.310 e. The van der Waals surface area contributed by atoms with E-state index in [2.05, 4.69) is 240 Å². The number of para-hydroxylation sites is 2. The lowest BCUT2D eigenvalue weighted by Crippen LogP contribution is -2.26. The largest absolute Gasteiger partial charge is 0.310 e. The Kier molecular flexibility index (Phi) is 8.23. The lowest BCUT2D eigenvalue weighted by molar-refractivity contribution is 0.802. The molecule has 0 aliphatic heterocycles. The molecule has 0 saturated heterocycles. The molecule has 0 saturated carbocycles. The summed E-state index contributed by atoms with van der Waals surface area (Å²) < 4.78 is 6.55. The summed E-state index contributed by atoms with van der Waals surface area (Å²) in [5.41, 5.74) is 15.5. The van der Waals surface area contributed by atoms with Crippen LogP contribution in [-0.2, 0) is 5.41 Å². The van der Waals surface area contributed by atoms with E-state index in [9.17, 15) is 0 Å². The number of rotatable bonds is 6. The van der Waals surface area contributed by atoms with Crippen LogP contribution in [0.3, 0.4) is 0 Å². The fraction of sp³-hybridized carbons (Fsp3) is 0.0159. The number of nitrogens with zero attached hydrogens (tertiary/aromatic N) is 2. The Balaban J connectivity index is 0.998. The highest BCUT2D eigenvalue weighted by Gasteiger charge is 2.54. The number of benzene rings is 10. The van der Waals surface area contributed by atoms with Crippen molar-refractivity contribution in [2.24, 2.45) is 0 Å². The van der Waals surface area contributed by atoms with Crippen molar-refractivity contribution >= 4 is 119 Å². The summed E-state index contributed by atoms with van der Waals surface area (Å²) in [5, 5.41) is 6.50. The minimum absolute atomic E-state index is 0.589. The highest BCUT2D eigenvalue weighted by Crippen LogP contribution is 2.67. The Hall–Kier alpha value is -7.80. The number of hydrogen-bond acceptors (Lipinski definition) is 5. The van der Waals surface area contributed by atoms with Crippen LogP contribution >= 0.6 is 34.0 Å². The van der Waals surface area contributed by atoms with Crippen LogP contribution in [0.5, 0.6) is 0 Å². The van der Waals surface area contributed by atoms with Gasteiger partial charge in [-0.25, -0.2) is 0 Å². The van der Waals surface area contributed by atoms with E-state index in [0.717, 1.165) is 34.1 Å². The molecule has 2 aliphatic rings. The molecule has 2 aliphatic carbocycles. The molecule has 10 aromatic carbocycles. The predicted octanol–water partition coefficient (Wildman–Crippen LogP) is 18.9. The molecule has 2 nitrogen and oxygen atoms in total. The summed E-state index contributed by atoms with van der Waals surface area (Å²) in [4.78, 5) is 6.28. The average Bonchev–Trinajstić information content (AvgIpc) is 4.20. The zero-order valence-corrected chi connectivity index (χ0v) is 39.0. The molecule has 0 N–H and O–H groups in total. The van der Waals surface area contributed by atoms with Crippen molar-refractivity contribution in [3.63, 3.8) is 0 Å². The molecule has 318 valence electrons. The monoisotopic (exact) mass is 918 g/mol. The lowest BCUT2D eigenvalue weighted by Gasteiger charge is -2.33. The maximum absolute atomic E-state index is 2.53. The number of anilines is 6. The fourth-order valence-electron chi connectivity index (χ4n) is 11.6. The second-order valence-electron chi connectivity index (χ2n) is 18.0. The van der Waals surface area contributed by atoms with Gasteiger partial charge in [-0.05, 0) is 147 Å². The molecule has 0 fully saturated rings. The molecule has 68 heavy (non-hydrogen) atoms. The first kappa shape index (κ1) is 38.3. The van der Waals surface area contributed by atoms with Gasteiger partial charge in [-0.3, -0.25) is 0 Å². The maximum Gasteiger partial charge on any atom is 0.0741 e. The zero-order chi connectivity index (χ0) is 44.5. The Labute approximate surface area is 405 Å². The first-order valence-electron chi connectivity index (χ1n) is 23.1. The Morgan fingerprint density at radius 3 is 1.26 bits per heavy atom. The topological polar surface area (TPSA) is 6.48 Å². The van der Waals surface area contributed by atoms with Gasteiger partial charge in [0.1, 0.15) is 0 Å². The number of thiophene rings is 3. The summed E-state index contributed by atoms with van der Waals surface area (Å²) in [7, 11) is 0. The zero-order valence-electron chi connectivity index (χ0n) is 36.6. The molecule has 0 radical (unpaired) electrons. The summed E-state index contributed by atoms with van der Waals surface area (Å²) >= 11 is 5.66. The smallest absolute Gasteiger partial charge is 0.0741 e. The van der Waals surface area contributed by atoms with E-state index in [0.29, 0.717) is 0 Å². The van der Waals surface area contributed by atoms with E-state index in [1.54, 1.807) is 0 Å². The highest BCUT2D eigenvalue weighted by atomic mass is 32.1. The molecule has 0 bridgehead atoms. The third-order valence-electron chi connectivity index (χ3n) is 14.4. The van der Waals surface area contributed by atoms with Crippen LogP contribution in [0.25, 0.3) is 72.0 Å². The molecular weight excluding hydrogens is 881 g/mol. The summed E-state index contributed by atoms with van der Waals surface area (Å²) in [6.45, 7) is 0. The van der Waals surface area contributed by atoms with Gasteiger partial charge in [-0.2, -0.15) is 0 Å². The van der Waals surface area contributed by atoms with Crippen molar-refractivity contribution in [2.75, 3.05) is 9.80 Å². The molecule has 1 unspecified atom stereocenters. The van der Waals surface area contributed by atoms with E-state index >= 15 is 0 Å². The second-order valence-corrected chi connectivity index (χ2v) is 21.2. The highest BCUT2D eigenvalue weighted by molar-refractivity contribution is 7.26. The quantitative estimate of drug-likeness (QED) is 0.164. The summed E-state index contributed by atoms with van der Waals surface area (Å²) in [6, 6.07) is 86.3. The molecule has 5 heteroatoms. The van der Waals surface area contributed by atoms with Gasteiger partial charge in [0.05, 0.1) is 5.41 Å². The van der Waals surface area contributed by atoms with Gasteiger partial charge in [-0.1, -0.05) is 127 Å². The predicted molar refractivity (Wildman–Crippen MR) is 293 cm³/mol. The Morgan fingerprint density at radius 2 is 0.676 bits per heavy atom. The normalized spacial score (nSPS) is 14.5. The van der Waals surface area contributed by atoms with E-state index in [4.69, 9.17) is 0 Å². The van der Waals surface area contributed by atoms with Crippen LogP contribution in [0.15, 0.2) is 231 Å². The van der Waals surface area contributed by atoms with Crippen LogP contribution in [0.1, 0.15) is 22.3 Å². The second kappa shape index (κ2) is 14.6. The van der Waals surface area contributed by atoms with Crippen LogP contribution in [0.2, 0.25) is 0 Å². The molecule has 3 aromatic heterocycles. The van der Waals surface area contributed by atoms with Gasteiger partial charge < -0.3 is 9.80 Å². The van der Waals surface area contributed by atoms with Gasteiger partial charge in [0.15, 0.2) is 0 Å². The van der Waals surface area contributed by atoms with Crippen LogP contribution in [0.4, 0.5) is 34.1 Å². The van der Waals surface area contributed by atoms with Crippen molar-refractivity contribution in [2.45, 2.75) is 5.41 Å². The summed E-state index contributed by atoms with van der Waals surface area (Å²) in [5.74, 6) is 0. The summed E-state index contributed by atoms with van der Waals surface area (Å²) in [6.07, 6.45) is 0. The first-order chi connectivity index (χ1) is 33.7. The van der Waals surface area contributed by atoms with Crippen LogP contribution in [-0.4, -0.2) is 0 Å². The SMILES string of the molecule is c1ccc(N(c2ccc3c(c2)C2(c4ccccc4-3)c3cc(N(c4ccccc4)c4ccc5sc6ccccc6c5c4)ccc3-c3sc4ccccc4c32)c2ccc3sc4ccccc4c3c2)cc1. The van der Waals surface area contributed by atoms with Gasteiger partial charge in [0, 0.05) is 84.0 Å². The Bertz CT molecular complexity index is 4180. The third kappa shape index (κ3) is 5.38.